The van der Waals surface area contributed by atoms with Crippen molar-refractivity contribution in [3.05, 3.63) is 35.1 Å². The Hall–Kier alpha value is -1.81. The van der Waals surface area contributed by atoms with Gasteiger partial charge in [-0.3, -0.25) is 4.79 Å². The molecule has 0 heterocycles. The van der Waals surface area contributed by atoms with E-state index in [0.29, 0.717) is 12.1 Å². The molecule has 1 aromatic rings. The molecule has 0 saturated carbocycles. The Morgan fingerprint density at radius 2 is 1.35 bits per heavy atom. The van der Waals surface area contributed by atoms with Gasteiger partial charge >= 0.3 is 23.9 Å². The fourth-order valence-electron chi connectivity index (χ4n) is 1.43. The third-order valence-electron chi connectivity index (χ3n) is 2.86. The molecule has 0 unspecified atom stereocenters. The third kappa shape index (κ3) is 2.88. The van der Waals surface area contributed by atoms with Crippen molar-refractivity contribution >= 4 is 5.78 Å². The van der Waals surface area contributed by atoms with Crippen LogP contribution in [0.1, 0.15) is 15.9 Å². The fraction of sp³-hybridized carbons (Fsp3) is 0.417. The summed E-state index contributed by atoms with van der Waals surface area (Å²) in [5.74, 6) is -25.0. The van der Waals surface area contributed by atoms with Crippen LogP contribution >= 0.6 is 0 Å². The molecule has 0 aliphatic heterocycles. The second-order valence-corrected chi connectivity index (χ2v) is 4.51. The molecule has 0 spiro atoms. The van der Waals surface area contributed by atoms with Crippen molar-refractivity contribution in [3.8, 4) is 0 Å². The summed E-state index contributed by atoms with van der Waals surface area (Å²) in [5.41, 5.74) is -1.67. The zero-order chi connectivity index (χ0) is 18.4. The van der Waals surface area contributed by atoms with Crippen LogP contribution in [0, 0.1) is 12.7 Å². The Balaban J connectivity index is 3.38. The van der Waals surface area contributed by atoms with E-state index in [0.717, 1.165) is 6.92 Å². The molecule has 23 heavy (non-hydrogen) atoms. The maximum atomic E-state index is 13.3. The molecule has 0 N–H and O–H groups in total. The molecule has 1 nitrogen and oxygen atoms in total. The minimum Gasteiger partial charge on any atom is -0.287 e. The van der Waals surface area contributed by atoms with Gasteiger partial charge in [0.1, 0.15) is 5.82 Å². The van der Waals surface area contributed by atoms with Gasteiger partial charge in [0, 0.05) is 5.56 Å². The lowest BCUT2D eigenvalue weighted by Crippen LogP contribution is -2.63. The first-order valence-electron chi connectivity index (χ1n) is 5.58. The van der Waals surface area contributed by atoms with Crippen molar-refractivity contribution in [3.63, 3.8) is 0 Å². The molecular formula is C12H6F10O. The van der Waals surface area contributed by atoms with Gasteiger partial charge < -0.3 is 0 Å². The van der Waals surface area contributed by atoms with Crippen LogP contribution in [0.2, 0.25) is 0 Å². The third-order valence-corrected chi connectivity index (χ3v) is 2.86. The first-order chi connectivity index (χ1) is 10.1. The largest absolute Gasteiger partial charge is 0.460 e. The van der Waals surface area contributed by atoms with Crippen LogP contribution in [0.3, 0.4) is 0 Å². The second kappa shape index (κ2) is 5.38. The summed E-state index contributed by atoms with van der Waals surface area (Å²) < 4.78 is 127. The monoisotopic (exact) mass is 356 g/mol. The molecule has 0 radical (unpaired) electrons. The van der Waals surface area contributed by atoms with Crippen LogP contribution in [0.15, 0.2) is 18.2 Å². The molecule has 11 heteroatoms. The van der Waals surface area contributed by atoms with E-state index < -0.39 is 41.1 Å². The van der Waals surface area contributed by atoms with E-state index in [4.69, 9.17) is 0 Å². The number of aryl methyl sites for hydroxylation is 1. The van der Waals surface area contributed by atoms with Crippen molar-refractivity contribution in [2.75, 3.05) is 0 Å². The highest BCUT2D eigenvalue weighted by molar-refractivity contribution is 6.02. The minimum atomic E-state index is -7.18. The Morgan fingerprint density at radius 3 is 1.74 bits per heavy atom. The highest BCUT2D eigenvalue weighted by atomic mass is 19.4. The van der Waals surface area contributed by atoms with Gasteiger partial charge in [-0.25, -0.2) is 4.39 Å². The minimum absolute atomic E-state index is 0.0351. The molecule has 130 valence electrons. The van der Waals surface area contributed by atoms with E-state index in [1.165, 1.54) is 0 Å². The number of Topliss-reactive ketones (excluding diaryl/α,β-unsaturated/α-hetero) is 1. The van der Waals surface area contributed by atoms with Gasteiger partial charge in [-0.2, -0.15) is 39.5 Å². The molecule has 0 amide bonds. The first kappa shape index (κ1) is 19.2. The maximum absolute atomic E-state index is 13.3. The number of benzene rings is 1. The van der Waals surface area contributed by atoms with Gasteiger partial charge in [-0.05, 0) is 18.6 Å². The van der Waals surface area contributed by atoms with Crippen LogP contribution in [0.25, 0.3) is 0 Å². The number of ketones is 1. The van der Waals surface area contributed by atoms with E-state index in [9.17, 15) is 48.7 Å². The van der Waals surface area contributed by atoms with Crippen molar-refractivity contribution in [2.24, 2.45) is 0 Å². The topological polar surface area (TPSA) is 17.1 Å². The molecule has 0 bridgehead atoms. The molecule has 0 atom stereocenters. The standard InChI is InChI=1S/C12H6F10O/c1-5-2-3-6(4-7(5)13)8(23)9(14,15)10(16,17)11(18,19)12(20,21)22/h2-4H,1H3. The van der Waals surface area contributed by atoms with Crippen molar-refractivity contribution in [2.45, 2.75) is 30.9 Å². The number of halogens is 10. The smallest absolute Gasteiger partial charge is 0.287 e. The lowest BCUT2D eigenvalue weighted by atomic mass is 9.95. The maximum Gasteiger partial charge on any atom is 0.460 e. The van der Waals surface area contributed by atoms with Crippen molar-refractivity contribution < 1.29 is 48.7 Å². The number of hydrogen-bond donors (Lipinski definition) is 0. The quantitative estimate of drug-likeness (QED) is 0.560. The van der Waals surface area contributed by atoms with Crippen LogP contribution in [-0.2, 0) is 0 Å². The van der Waals surface area contributed by atoms with Crippen LogP contribution < -0.4 is 0 Å². The highest BCUT2D eigenvalue weighted by Crippen LogP contribution is 2.53. The molecule has 0 aliphatic carbocycles. The lowest BCUT2D eigenvalue weighted by molar-refractivity contribution is -0.386. The summed E-state index contributed by atoms with van der Waals surface area (Å²) >= 11 is 0. The molecule has 0 saturated heterocycles. The number of alkyl halides is 9. The Bertz CT molecular complexity index is 617. The van der Waals surface area contributed by atoms with E-state index in [1.807, 2.05) is 0 Å². The SMILES string of the molecule is Cc1ccc(C(=O)C(F)(F)C(F)(F)C(F)(F)C(F)(F)F)cc1F. The van der Waals surface area contributed by atoms with Gasteiger partial charge in [0.15, 0.2) is 0 Å². The Morgan fingerprint density at radius 1 is 0.870 bits per heavy atom. The molecule has 1 aromatic carbocycles. The number of carbonyl (C=O) groups excluding carboxylic acids is 1. The van der Waals surface area contributed by atoms with Crippen LogP contribution in [0.5, 0.6) is 0 Å². The van der Waals surface area contributed by atoms with Gasteiger partial charge in [0.05, 0.1) is 0 Å². The van der Waals surface area contributed by atoms with E-state index in [-0.39, 0.29) is 11.6 Å². The van der Waals surface area contributed by atoms with E-state index >= 15 is 0 Å². The van der Waals surface area contributed by atoms with Crippen LogP contribution in [-0.4, -0.2) is 29.7 Å². The van der Waals surface area contributed by atoms with Gasteiger partial charge in [0.2, 0.25) is 5.78 Å². The second-order valence-electron chi connectivity index (χ2n) is 4.51. The summed E-state index contributed by atoms with van der Waals surface area (Å²) in [5, 5.41) is 0. The average Bonchev–Trinajstić information content (AvgIpc) is 2.39. The Kier molecular flexibility index (Phi) is 4.50. The fourth-order valence-corrected chi connectivity index (χ4v) is 1.43. The summed E-state index contributed by atoms with van der Waals surface area (Å²) in [7, 11) is 0. The number of rotatable bonds is 4. The summed E-state index contributed by atoms with van der Waals surface area (Å²) in [4.78, 5) is 11.3. The summed E-state index contributed by atoms with van der Waals surface area (Å²) in [6.45, 7) is 1.11. The molecular weight excluding hydrogens is 350 g/mol. The predicted molar refractivity (Wildman–Crippen MR) is 56.4 cm³/mol. The van der Waals surface area contributed by atoms with Crippen molar-refractivity contribution in [1.29, 1.82) is 0 Å². The van der Waals surface area contributed by atoms with E-state index in [2.05, 4.69) is 0 Å². The number of hydrogen-bond acceptors (Lipinski definition) is 1. The van der Waals surface area contributed by atoms with Crippen molar-refractivity contribution in [1.82, 2.24) is 0 Å². The van der Waals surface area contributed by atoms with Gasteiger partial charge in [-0.15, -0.1) is 0 Å². The van der Waals surface area contributed by atoms with E-state index in [1.54, 1.807) is 0 Å². The first-order valence-corrected chi connectivity index (χ1v) is 5.58. The van der Waals surface area contributed by atoms with Gasteiger partial charge in [0.25, 0.3) is 0 Å². The molecule has 0 aliphatic rings. The zero-order valence-electron chi connectivity index (χ0n) is 10.9. The molecule has 1 rings (SSSR count). The summed E-state index contributed by atoms with van der Waals surface area (Å²) in [6.07, 6.45) is -7.03. The number of carbonyl (C=O) groups is 1. The lowest BCUT2D eigenvalue weighted by Gasteiger charge is -2.32. The average molecular weight is 356 g/mol. The molecule has 0 fully saturated rings. The predicted octanol–water partition coefficient (Wildman–Crippen LogP) is 4.79. The highest BCUT2D eigenvalue weighted by Gasteiger charge is 2.83. The van der Waals surface area contributed by atoms with Gasteiger partial charge in [-0.1, -0.05) is 12.1 Å². The Labute approximate surface area is 121 Å². The zero-order valence-corrected chi connectivity index (χ0v) is 10.9. The van der Waals surface area contributed by atoms with Crippen LogP contribution in [0.4, 0.5) is 43.9 Å². The normalized spacial score (nSPS) is 14.0. The summed E-state index contributed by atoms with van der Waals surface area (Å²) in [6, 6.07) is 1.13. The molecule has 0 aromatic heterocycles.